The predicted molar refractivity (Wildman–Crippen MR) is 87.0 cm³/mol. The van der Waals surface area contributed by atoms with E-state index in [2.05, 4.69) is 9.60 Å². The van der Waals surface area contributed by atoms with Gasteiger partial charge in [0.15, 0.2) is 0 Å². The fraction of sp³-hybridized carbons (Fsp3) is 0.357. The van der Waals surface area contributed by atoms with Crippen molar-refractivity contribution in [2.75, 3.05) is 11.9 Å². The number of urea groups is 1. The molecule has 3 rings (SSSR count). The molecule has 0 aliphatic carbocycles. The molecule has 1 aromatic rings. The Morgan fingerprint density at radius 3 is 2.46 bits per heavy atom. The number of hydroxylamine groups is 2. The minimum absolute atomic E-state index is 0.104. The van der Waals surface area contributed by atoms with Crippen LogP contribution < -0.4 is 11.1 Å². The van der Waals surface area contributed by atoms with Crippen LogP contribution in [0.1, 0.15) is 23.2 Å². The van der Waals surface area contributed by atoms with Crippen LogP contribution >= 0.6 is 0 Å². The lowest BCUT2D eigenvalue weighted by atomic mass is 10.00. The summed E-state index contributed by atoms with van der Waals surface area (Å²) >= 11 is 0. The van der Waals surface area contributed by atoms with E-state index >= 15 is 0 Å². The van der Waals surface area contributed by atoms with Crippen molar-refractivity contribution in [3.05, 3.63) is 29.8 Å². The third kappa shape index (κ3) is 3.61. The van der Waals surface area contributed by atoms with Crippen molar-refractivity contribution in [2.24, 2.45) is 5.73 Å². The van der Waals surface area contributed by atoms with Crippen LogP contribution in [-0.4, -0.2) is 59.4 Å². The molecule has 2 heterocycles. The first kappa shape index (κ1) is 18.1. The summed E-state index contributed by atoms with van der Waals surface area (Å²) in [7, 11) is -4.84. The van der Waals surface area contributed by atoms with Crippen LogP contribution in [0.25, 0.3) is 0 Å². The smallest absolute Gasteiger partial charge is 0.366 e. The van der Waals surface area contributed by atoms with Crippen molar-refractivity contribution in [1.82, 2.24) is 9.96 Å². The number of benzene rings is 1. The molecule has 2 saturated heterocycles. The Bertz CT molecular complexity index is 855. The Balaban J connectivity index is 1.69. The molecular formula is C14H16N4O7S. The van der Waals surface area contributed by atoms with Gasteiger partial charge in [-0.3, -0.25) is 14.1 Å². The first-order chi connectivity index (χ1) is 12.2. The van der Waals surface area contributed by atoms with E-state index in [1.54, 1.807) is 0 Å². The number of primary amides is 1. The maximum absolute atomic E-state index is 12.5. The average Bonchev–Trinajstić information content (AvgIpc) is 2.79. The van der Waals surface area contributed by atoms with Gasteiger partial charge in [-0.2, -0.15) is 13.5 Å². The summed E-state index contributed by atoms with van der Waals surface area (Å²) in [5.41, 5.74) is 5.85. The standard InChI is InChI=1S/C14H16N4O7S/c15-12(19)8-1-3-9(4-2-8)16-13(20)11-6-5-10-7-17(11)14(21)18(10)25-26(22,23)24/h1-4,10-11H,5-7H2,(H2,15,19)(H,16,20)(H,22,23,24)/t10-,11+/m1/s1. The van der Waals surface area contributed by atoms with Gasteiger partial charge in [0.1, 0.15) is 6.04 Å². The number of hydrogen-bond acceptors (Lipinski definition) is 6. The van der Waals surface area contributed by atoms with E-state index in [1.165, 1.54) is 29.2 Å². The zero-order chi connectivity index (χ0) is 19.1. The summed E-state index contributed by atoms with van der Waals surface area (Å²) in [6, 6.07) is 3.73. The molecule has 2 aliphatic rings. The maximum atomic E-state index is 12.5. The molecule has 4 amide bonds. The maximum Gasteiger partial charge on any atom is 0.418 e. The Kier molecular flexibility index (Phi) is 4.56. The fourth-order valence-corrected chi connectivity index (χ4v) is 3.44. The van der Waals surface area contributed by atoms with E-state index in [-0.39, 0.29) is 12.1 Å². The molecule has 12 heteroatoms. The van der Waals surface area contributed by atoms with Gasteiger partial charge in [0, 0.05) is 17.8 Å². The van der Waals surface area contributed by atoms with Crippen molar-refractivity contribution in [2.45, 2.75) is 24.9 Å². The molecule has 0 unspecified atom stereocenters. The van der Waals surface area contributed by atoms with Gasteiger partial charge in [-0.25, -0.2) is 4.79 Å². The van der Waals surface area contributed by atoms with Gasteiger partial charge in [0.2, 0.25) is 11.8 Å². The number of anilines is 1. The second kappa shape index (κ2) is 6.55. The number of fused-ring (bicyclic) bond motifs is 2. The lowest BCUT2D eigenvalue weighted by Crippen LogP contribution is -2.47. The molecular weight excluding hydrogens is 368 g/mol. The van der Waals surface area contributed by atoms with Crippen LogP contribution in [0.15, 0.2) is 24.3 Å². The molecule has 2 bridgehead atoms. The van der Waals surface area contributed by atoms with Crippen LogP contribution in [0.5, 0.6) is 0 Å². The van der Waals surface area contributed by atoms with Gasteiger partial charge < -0.3 is 16.0 Å². The number of nitrogens with one attached hydrogen (secondary N) is 1. The number of nitrogens with zero attached hydrogens (tertiary/aromatic N) is 2. The van der Waals surface area contributed by atoms with Crippen molar-refractivity contribution >= 4 is 33.9 Å². The van der Waals surface area contributed by atoms with E-state index in [0.717, 1.165) is 0 Å². The minimum Gasteiger partial charge on any atom is -0.366 e. The highest BCUT2D eigenvalue weighted by atomic mass is 32.3. The Labute approximate surface area is 148 Å². The quantitative estimate of drug-likeness (QED) is 0.589. The summed E-state index contributed by atoms with van der Waals surface area (Å²) in [5.74, 6) is -1.06. The molecule has 4 N–H and O–H groups in total. The summed E-state index contributed by atoms with van der Waals surface area (Å²) in [6.45, 7) is 0.104. The molecule has 2 aliphatic heterocycles. The van der Waals surface area contributed by atoms with Gasteiger partial charge in [0.25, 0.3) is 0 Å². The van der Waals surface area contributed by atoms with Gasteiger partial charge in [0.05, 0.1) is 6.04 Å². The van der Waals surface area contributed by atoms with E-state index in [0.29, 0.717) is 23.6 Å². The third-order valence-corrected chi connectivity index (χ3v) is 4.59. The second-order valence-corrected chi connectivity index (χ2v) is 6.95. The van der Waals surface area contributed by atoms with E-state index in [9.17, 15) is 22.8 Å². The fourth-order valence-electron chi connectivity index (χ4n) is 3.05. The lowest BCUT2D eigenvalue weighted by molar-refractivity contribution is -0.120. The highest BCUT2D eigenvalue weighted by Gasteiger charge is 2.49. The second-order valence-electron chi connectivity index (χ2n) is 5.94. The number of amides is 4. The number of rotatable bonds is 5. The van der Waals surface area contributed by atoms with Crippen LogP contribution in [0, 0.1) is 0 Å². The molecule has 2 atom stereocenters. The molecule has 11 nitrogen and oxygen atoms in total. The average molecular weight is 384 g/mol. The molecule has 0 saturated carbocycles. The molecule has 0 spiro atoms. The van der Waals surface area contributed by atoms with Crippen LogP contribution in [0.2, 0.25) is 0 Å². The van der Waals surface area contributed by atoms with E-state index < -0.39 is 40.3 Å². The van der Waals surface area contributed by atoms with Gasteiger partial charge in [-0.05, 0) is 37.1 Å². The van der Waals surface area contributed by atoms with Crippen molar-refractivity contribution in [3.63, 3.8) is 0 Å². The molecule has 26 heavy (non-hydrogen) atoms. The van der Waals surface area contributed by atoms with Crippen LogP contribution in [0.4, 0.5) is 10.5 Å². The Morgan fingerprint density at radius 2 is 1.88 bits per heavy atom. The number of piperidine rings is 1. The third-order valence-electron chi connectivity index (χ3n) is 4.24. The predicted octanol–water partition coefficient (Wildman–Crippen LogP) is -0.273. The highest BCUT2D eigenvalue weighted by Crippen LogP contribution is 2.31. The highest BCUT2D eigenvalue weighted by molar-refractivity contribution is 7.80. The number of hydrogen-bond donors (Lipinski definition) is 3. The Morgan fingerprint density at radius 1 is 1.23 bits per heavy atom. The number of carbonyl (C=O) groups is 3. The zero-order valence-electron chi connectivity index (χ0n) is 13.4. The molecule has 1 aromatic carbocycles. The molecule has 0 radical (unpaired) electrons. The summed E-state index contributed by atoms with van der Waals surface area (Å²) in [4.78, 5) is 37.0. The number of carbonyl (C=O) groups excluding carboxylic acids is 3. The SMILES string of the molecule is NC(=O)c1ccc(NC(=O)[C@@H]2CC[C@@H]3CN2C(=O)N3OS(=O)(=O)O)cc1. The van der Waals surface area contributed by atoms with Gasteiger partial charge in [-0.15, -0.1) is 4.28 Å². The van der Waals surface area contributed by atoms with Crippen molar-refractivity contribution in [3.8, 4) is 0 Å². The number of nitrogens with two attached hydrogens (primary N) is 1. The normalized spacial score (nSPS) is 22.4. The minimum atomic E-state index is -4.84. The van der Waals surface area contributed by atoms with Crippen LogP contribution in [0.3, 0.4) is 0 Å². The first-order valence-corrected chi connectivity index (χ1v) is 9.00. The van der Waals surface area contributed by atoms with Gasteiger partial charge >= 0.3 is 16.4 Å². The van der Waals surface area contributed by atoms with Crippen LogP contribution in [-0.2, 0) is 19.5 Å². The van der Waals surface area contributed by atoms with Gasteiger partial charge in [-0.1, -0.05) is 0 Å². The molecule has 2 fully saturated rings. The lowest BCUT2D eigenvalue weighted by Gasteiger charge is -2.29. The molecule has 140 valence electrons. The summed E-state index contributed by atoms with van der Waals surface area (Å²) in [5, 5.41) is 3.21. The van der Waals surface area contributed by atoms with Crippen molar-refractivity contribution in [1.29, 1.82) is 0 Å². The van der Waals surface area contributed by atoms with E-state index in [1.807, 2.05) is 0 Å². The molecule has 0 aromatic heterocycles. The Hall–Kier alpha value is -2.70. The monoisotopic (exact) mass is 384 g/mol. The largest absolute Gasteiger partial charge is 0.418 e. The zero-order valence-corrected chi connectivity index (χ0v) is 14.2. The summed E-state index contributed by atoms with van der Waals surface area (Å²) < 4.78 is 34.8. The topological polar surface area (TPSA) is 159 Å². The van der Waals surface area contributed by atoms with E-state index in [4.69, 9.17) is 10.3 Å². The first-order valence-electron chi connectivity index (χ1n) is 7.63. The summed E-state index contributed by atoms with van der Waals surface area (Å²) in [6.07, 6.45) is 0.628. The van der Waals surface area contributed by atoms with Crippen molar-refractivity contribution < 1.29 is 31.6 Å².